The maximum Gasteiger partial charge on any atom is 0.172 e. The number of phenolic OH excluding ortho intramolecular Hbond substituents is 1. The first-order valence-electron chi connectivity index (χ1n) is 7.28. The Kier molecular flexibility index (Phi) is 5.47. The molecule has 8 heteroatoms. The summed E-state index contributed by atoms with van der Waals surface area (Å²) in [6.07, 6.45) is 0.467. The standard InChI is InChI=1S/C17H18N6O2/c1-10(18)15(9-24)23-22-14-7-3-6-13(16(14)25)11-4-2-5-12(8-11)17(19)21-20/h2-9,18,22,25H,20H2,1H3,(H2,19,21)/b18-10?,23-15+. The average molecular weight is 338 g/mol. The molecule has 0 amide bonds. The molecular formula is C17H18N6O2. The highest BCUT2D eigenvalue weighted by molar-refractivity contribution is 6.60. The molecule has 25 heavy (non-hydrogen) atoms. The van der Waals surface area contributed by atoms with Crippen LogP contribution in [0, 0.1) is 5.41 Å². The second-order valence-corrected chi connectivity index (χ2v) is 5.15. The van der Waals surface area contributed by atoms with Crippen molar-refractivity contribution in [2.75, 3.05) is 5.43 Å². The Hall–Kier alpha value is -3.68. The lowest BCUT2D eigenvalue weighted by molar-refractivity contribution is -0.102. The van der Waals surface area contributed by atoms with E-state index in [1.54, 1.807) is 42.5 Å². The maximum atomic E-state index is 10.9. The molecule has 2 aromatic rings. The van der Waals surface area contributed by atoms with Gasteiger partial charge in [0.2, 0.25) is 0 Å². The van der Waals surface area contributed by atoms with Crippen LogP contribution in [0.3, 0.4) is 0 Å². The lowest BCUT2D eigenvalue weighted by Gasteiger charge is -2.11. The third-order valence-electron chi connectivity index (χ3n) is 3.44. The van der Waals surface area contributed by atoms with E-state index in [-0.39, 0.29) is 23.0 Å². The summed E-state index contributed by atoms with van der Waals surface area (Å²) in [6, 6.07) is 12.1. The maximum absolute atomic E-state index is 10.9. The number of nitrogens with zero attached hydrogens (tertiary/aromatic N) is 2. The molecule has 0 saturated carbocycles. The molecule has 128 valence electrons. The van der Waals surface area contributed by atoms with Gasteiger partial charge in [-0.15, -0.1) is 0 Å². The normalized spacial score (nSPS) is 11.9. The van der Waals surface area contributed by atoms with Crippen LogP contribution in [-0.2, 0) is 4.79 Å². The molecule has 2 rings (SSSR count). The van der Waals surface area contributed by atoms with Crippen LogP contribution in [0.25, 0.3) is 11.1 Å². The predicted molar refractivity (Wildman–Crippen MR) is 99.0 cm³/mol. The Bertz CT molecular complexity index is 873. The van der Waals surface area contributed by atoms with Gasteiger partial charge >= 0.3 is 0 Å². The summed E-state index contributed by atoms with van der Waals surface area (Å²) < 4.78 is 0. The van der Waals surface area contributed by atoms with Gasteiger partial charge in [-0.3, -0.25) is 10.2 Å². The largest absolute Gasteiger partial charge is 0.505 e. The van der Waals surface area contributed by atoms with Crippen LogP contribution >= 0.6 is 0 Å². The van der Waals surface area contributed by atoms with Crippen molar-refractivity contribution in [3.8, 4) is 16.9 Å². The van der Waals surface area contributed by atoms with Crippen LogP contribution in [0.15, 0.2) is 52.7 Å². The van der Waals surface area contributed by atoms with Gasteiger partial charge in [-0.2, -0.15) is 10.2 Å². The number of carbonyl (C=O) groups excluding carboxylic acids is 1. The Morgan fingerprint density at radius 1 is 1.28 bits per heavy atom. The zero-order chi connectivity index (χ0) is 18.4. The molecule has 0 aliphatic heterocycles. The van der Waals surface area contributed by atoms with Gasteiger partial charge in [0.05, 0.1) is 11.4 Å². The summed E-state index contributed by atoms with van der Waals surface area (Å²) in [5, 5.41) is 25.2. The van der Waals surface area contributed by atoms with E-state index in [4.69, 9.17) is 17.0 Å². The number of nitrogens with two attached hydrogens (primary N) is 2. The van der Waals surface area contributed by atoms with Gasteiger partial charge in [-0.05, 0) is 24.6 Å². The summed E-state index contributed by atoms with van der Waals surface area (Å²) in [5.74, 6) is 5.32. The Morgan fingerprint density at radius 2 is 2.00 bits per heavy atom. The van der Waals surface area contributed by atoms with E-state index in [1.807, 2.05) is 0 Å². The molecular weight excluding hydrogens is 320 g/mol. The van der Waals surface area contributed by atoms with Gasteiger partial charge in [0.15, 0.2) is 6.29 Å². The molecule has 0 spiro atoms. The van der Waals surface area contributed by atoms with Crippen molar-refractivity contribution in [3.05, 3.63) is 48.0 Å². The number of para-hydroxylation sites is 1. The first-order chi connectivity index (χ1) is 12.0. The van der Waals surface area contributed by atoms with Gasteiger partial charge in [0.1, 0.15) is 17.3 Å². The number of rotatable bonds is 6. The second kappa shape index (κ2) is 7.73. The number of aromatic hydroxyl groups is 1. The predicted octanol–water partition coefficient (Wildman–Crippen LogP) is 1.64. The number of phenols is 1. The van der Waals surface area contributed by atoms with Crippen LogP contribution < -0.4 is 17.0 Å². The zero-order valence-corrected chi connectivity index (χ0v) is 13.5. The molecule has 0 heterocycles. The van der Waals surface area contributed by atoms with E-state index in [2.05, 4.69) is 15.6 Å². The van der Waals surface area contributed by atoms with E-state index in [9.17, 15) is 9.90 Å². The summed E-state index contributed by atoms with van der Waals surface area (Å²) in [6.45, 7) is 1.44. The fraction of sp³-hybridized carbons (Fsp3) is 0.0588. The number of hydrazone groups is 2. The smallest absolute Gasteiger partial charge is 0.172 e. The van der Waals surface area contributed by atoms with Gasteiger partial charge in [-0.25, -0.2) is 0 Å². The van der Waals surface area contributed by atoms with Crippen LogP contribution in [0.4, 0.5) is 5.69 Å². The third kappa shape index (κ3) is 3.99. The fourth-order valence-electron chi connectivity index (χ4n) is 2.11. The van der Waals surface area contributed by atoms with Gasteiger partial charge in [0.25, 0.3) is 0 Å². The van der Waals surface area contributed by atoms with Crippen molar-refractivity contribution < 1.29 is 9.90 Å². The minimum absolute atomic E-state index is 0.0161. The molecule has 0 saturated heterocycles. The molecule has 0 aromatic heterocycles. The monoisotopic (exact) mass is 338 g/mol. The Morgan fingerprint density at radius 3 is 2.64 bits per heavy atom. The molecule has 0 unspecified atom stereocenters. The highest BCUT2D eigenvalue weighted by atomic mass is 16.3. The van der Waals surface area contributed by atoms with E-state index >= 15 is 0 Å². The highest BCUT2D eigenvalue weighted by Gasteiger charge is 2.10. The van der Waals surface area contributed by atoms with Crippen LogP contribution in [0.1, 0.15) is 12.5 Å². The number of aldehydes is 1. The lowest BCUT2D eigenvalue weighted by Crippen LogP contribution is -2.15. The van der Waals surface area contributed by atoms with E-state index in [1.165, 1.54) is 6.92 Å². The molecule has 8 nitrogen and oxygen atoms in total. The van der Waals surface area contributed by atoms with Crippen molar-refractivity contribution in [2.45, 2.75) is 6.92 Å². The summed E-state index contributed by atoms with van der Waals surface area (Å²) in [5.41, 5.74) is 10.4. The van der Waals surface area contributed by atoms with Crippen molar-refractivity contribution >= 4 is 29.2 Å². The fourth-order valence-corrected chi connectivity index (χ4v) is 2.11. The van der Waals surface area contributed by atoms with E-state index < -0.39 is 0 Å². The lowest BCUT2D eigenvalue weighted by atomic mass is 10.0. The number of anilines is 1. The number of carbonyl (C=O) groups is 1. The number of hydrogen-bond donors (Lipinski definition) is 5. The second-order valence-electron chi connectivity index (χ2n) is 5.15. The summed E-state index contributed by atoms with van der Waals surface area (Å²) in [7, 11) is 0. The van der Waals surface area contributed by atoms with E-state index in [0.29, 0.717) is 28.7 Å². The third-order valence-corrected chi connectivity index (χ3v) is 3.44. The van der Waals surface area contributed by atoms with Crippen molar-refractivity contribution in [1.29, 1.82) is 5.41 Å². The summed E-state index contributed by atoms with van der Waals surface area (Å²) >= 11 is 0. The molecule has 0 aliphatic carbocycles. The van der Waals surface area contributed by atoms with Crippen LogP contribution in [0.5, 0.6) is 5.75 Å². The molecule has 0 atom stereocenters. The summed E-state index contributed by atoms with van der Waals surface area (Å²) in [4.78, 5) is 10.9. The van der Waals surface area contributed by atoms with Crippen molar-refractivity contribution in [2.24, 2.45) is 21.8 Å². The number of benzene rings is 2. The minimum Gasteiger partial charge on any atom is -0.505 e. The Balaban J connectivity index is 2.42. The van der Waals surface area contributed by atoms with Crippen molar-refractivity contribution in [1.82, 2.24) is 0 Å². The zero-order valence-electron chi connectivity index (χ0n) is 13.5. The van der Waals surface area contributed by atoms with Gasteiger partial charge in [0, 0.05) is 11.1 Å². The quantitative estimate of drug-likeness (QED) is 0.135. The van der Waals surface area contributed by atoms with E-state index in [0.717, 1.165) is 0 Å². The molecule has 7 N–H and O–H groups in total. The van der Waals surface area contributed by atoms with Crippen LogP contribution in [-0.4, -0.2) is 28.7 Å². The minimum atomic E-state index is -0.0567. The first-order valence-corrected chi connectivity index (χ1v) is 7.28. The Labute approximate surface area is 144 Å². The van der Waals surface area contributed by atoms with Gasteiger partial charge < -0.3 is 22.1 Å². The molecule has 0 fully saturated rings. The SMILES string of the molecule is CC(=N)/C(C=O)=N/Nc1cccc(-c2cccc(/C(N)=N/N)c2)c1O. The van der Waals surface area contributed by atoms with Gasteiger partial charge in [-0.1, -0.05) is 30.3 Å². The molecule has 0 bridgehead atoms. The number of hydrogen-bond acceptors (Lipinski definition) is 7. The van der Waals surface area contributed by atoms with Crippen molar-refractivity contribution in [3.63, 3.8) is 0 Å². The molecule has 2 aromatic carbocycles. The molecule has 0 aliphatic rings. The van der Waals surface area contributed by atoms with Crippen LogP contribution in [0.2, 0.25) is 0 Å². The highest BCUT2D eigenvalue weighted by Crippen LogP contribution is 2.35. The topological polar surface area (TPSA) is 150 Å². The number of nitrogens with one attached hydrogen (secondary N) is 2. The number of amidine groups is 1. The average Bonchev–Trinajstić information content (AvgIpc) is 2.62. The first kappa shape index (κ1) is 17.7. The molecule has 0 radical (unpaired) electrons.